The quantitative estimate of drug-likeness (QED) is 0.841. The van der Waals surface area contributed by atoms with Gasteiger partial charge >= 0.3 is 0 Å². The summed E-state index contributed by atoms with van der Waals surface area (Å²) in [6, 6.07) is 6.76. The molecule has 2 heterocycles. The summed E-state index contributed by atoms with van der Waals surface area (Å²) in [7, 11) is 0. The van der Waals surface area contributed by atoms with Gasteiger partial charge in [0, 0.05) is 18.7 Å². The summed E-state index contributed by atoms with van der Waals surface area (Å²) in [4.78, 5) is 14.2. The van der Waals surface area contributed by atoms with Crippen LogP contribution in [0.1, 0.15) is 24.0 Å². The summed E-state index contributed by atoms with van der Waals surface area (Å²) in [5.41, 5.74) is 3.03. The number of halogens is 1. The fourth-order valence-electron chi connectivity index (χ4n) is 2.65. The molecule has 1 aliphatic rings. The first kappa shape index (κ1) is 13.3. The second-order valence-corrected chi connectivity index (χ2v) is 5.83. The predicted octanol–water partition coefficient (Wildman–Crippen LogP) is 3.80. The number of aryl methyl sites for hydroxylation is 2. The Morgan fingerprint density at radius 2 is 2.25 bits per heavy atom. The molecule has 0 unspecified atom stereocenters. The molecule has 2 aromatic rings. The summed E-state index contributed by atoms with van der Waals surface area (Å²) in [6.45, 7) is 0.737. The van der Waals surface area contributed by atoms with Gasteiger partial charge < -0.3 is 4.90 Å². The van der Waals surface area contributed by atoms with Crippen molar-refractivity contribution in [2.24, 2.45) is 0 Å². The van der Waals surface area contributed by atoms with E-state index >= 15 is 0 Å². The molecule has 0 spiro atoms. The molecule has 0 fully saturated rings. The van der Waals surface area contributed by atoms with E-state index in [0.29, 0.717) is 6.42 Å². The molecule has 1 aliphatic heterocycles. The molecular formula is C16H16FNOS. The minimum absolute atomic E-state index is 0.128. The van der Waals surface area contributed by atoms with Crippen molar-refractivity contribution in [1.29, 1.82) is 0 Å². The van der Waals surface area contributed by atoms with Gasteiger partial charge in [-0.15, -0.1) is 0 Å². The minimum Gasteiger partial charge on any atom is -0.312 e. The second kappa shape index (κ2) is 5.75. The first-order valence-corrected chi connectivity index (χ1v) is 7.78. The standard InChI is InChI=1S/C16H16FNOS/c17-14-4-5-15-13(10-14)2-1-8-18(15)16(19)6-3-12-7-9-20-11-12/h4-5,7,9-11H,1-3,6,8H2. The Morgan fingerprint density at radius 3 is 3.05 bits per heavy atom. The largest absolute Gasteiger partial charge is 0.312 e. The van der Waals surface area contributed by atoms with Crippen LogP contribution in [0.25, 0.3) is 0 Å². The van der Waals surface area contributed by atoms with Crippen LogP contribution >= 0.6 is 11.3 Å². The molecule has 0 atom stereocenters. The van der Waals surface area contributed by atoms with Gasteiger partial charge in [0.1, 0.15) is 5.82 Å². The number of hydrogen-bond donors (Lipinski definition) is 0. The SMILES string of the molecule is O=C(CCc1ccsc1)N1CCCc2cc(F)ccc21. The van der Waals surface area contributed by atoms with Crippen LogP contribution in [0.3, 0.4) is 0 Å². The van der Waals surface area contributed by atoms with Gasteiger partial charge in [-0.3, -0.25) is 4.79 Å². The number of rotatable bonds is 3. The molecule has 20 heavy (non-hydrogen) atoms. The smallest absolute Gasteiger partial charge is 0.227 e. The Morgan fingerprint density at radius 1 is 1.35 bits per heavy atom. The number of fused-ring (bicyclic) bond motifs is 1. The van der Waals surface area contributed by atoms with Crippen LogP contribution in [-0.2, 0) is 17.6 Å². The van der Waals surface area contributed by atoms with Crippen LogP contribution in [0.5, 0.6) is 0 Å². The number of carbonyl (C=O) groups excluding carboxylic acids is 1. The summed E-state index contributed by atoms with van der Waals surface area (Å²) in [5, 5.41) is 4.10. The normalized spacial score (nSPS) is 14.2. The van der Waals surface area contributed by atoms with E-state index in [1.807, 2.05) is 10.3 Å². The Balaban J connectivity index is 1.73. The van der Waals surface area contributed by atoms with Crippen LogP contribution in [0.4, 0.5) is 10.1 Å². The van der Waals surface area contributed by atoms with Crippen LogP contribution in [-0.4, -0.2) is 12.5 Å². The lowest BCUT2D eigenvalue weighted by Gasteiger charge is -2.29. The van der Waals surface area contributed by atoms with Crippen LogP contribution in [0.15, 0.2) is 35.0 Å². The lowest BCUT2D eigenvalue weighted by molar-refractivity contribution is -0.118. The van der Waals surface area contributed by atoms with Gasteiger partial charge in [0.15, 0.2) is 0 Å². The van der Waals surface area contributed by atoms with Crippen molar-refractivity contribution < 1.29 is 9.18 Å². The van der Waals surface area contributed by atoms with Gasteiger partial charge in [0.2, 0.25) is 5.91 Å². The van der Waals surface area contributed by atoms with Crippen molar-refractivity contribution in [3.8, 4) is 0 Å². The highest BCUT2D eigenvalue weighted by molar-refractivity contribution is 7.07. The molecule has 0 saturated heterocycles. The number of thiophene rings is 1. The third-order valence-corrected chi connectivity index (χ3v) is 4.40. The van der Waals surface area contributed by atoms with Crippen LogP contribution in [0.2, 0.25) is 0 Å². The Bertz CT molecular complexity index is 609. The molecule has 0 radical (unpaired) electrons. The van der Waals surface area contributed by atoms with Gasteiger partial charge in [-0.2, -0.15) is 11.3 Å². The van der Waals surface area contributed by atoms with Crippen LogP contribution in [0, 0.1) is 5.82 Å². The monoisotopic (exact) mass is 289 g/mol. The minimum atomic E-state index is -0.226. The van der Waals surface area contributed by atoms with Crippen molar-refractivity contribution in [3.63, 3.8) is 0 Å². The average molecular weight is 289 g/mol. The van der Waals surface area contributed by atoms with E-state index in [9.17, 15) is 9.18 Å². The van der Waals surface area contributed by atoms with E-state index in [-0.39, 0.29) is 11.7 Å². The maximum absolute atomic E-state index is 13.3. The number of benzene rings is 1. The topological polar surface area (TPSA) is 20.3 Å². The first-order valence-electron chi connectivity index (χ1n) is 6.84. The molecule has 0 saturated carbocycles. The number of amides is 1. The number of hydrogen-bond acceptors (Lipinski definition) is 2. The molecule has 104 valence electrons. The van der Waals surface area contributed by atoms with Gasteiger partial charge in [0.25, 0.3) is 0 Å². The fraction of sp³-hybridized carbons (Fsp3) is 0.312. The summed E-state index contributed by atoms with van der Waals surface area (Å²) in [6.07, 6.45) is 3.03. The molecule has 2 nitrogen and oxygen atoms in total. The number of nitrogens with zero attached hydrogens (tertiary/aromatic N) is 1. The lowest BCUT2D eigenvalue weighted by Crippen LogP contribution is -2.35. The maximum Gasteiger partial charge on any atom is 0.227 e. The Labute approximate surface area is 121 Å². The molecule has 1 amide bonds. The van der Waals surface area contributed by atoms with Crippen molar-refractivity contribution in [1.82, 2.24) is 0 Å². The zero-order valence-electron chi connectivity index (χ0n) is 11.1. The van der Waals surface area contributed by atoms with E-state index in [1.165, 1.54) is 11.6 Å². The molecule has 1 aromatic carbocycles. The lowest BCUT2D eigenvalue weighted by atomic mass is 10.0. The van der Waals surface area contributed by atoms with E-state index in [2.05, 4.69) is 11.4 Å². The van der Waals surface area contributed by atoms with Crippen molar-refractivity contribution >= 4 is 22.9 Å². The van der Waals surface area contributed by atoms with E-state index in [0.717, 1.165) is 37.1 Å². The van der Waals surface area contributed by atoms with E-state index in [4.69, 9.17) is 0 Å². The third-order valence-electron chi connectivity index (χ3n) is 3.67. The average Bonchev–Trinajstić information content (AvgIpc) is 2.97. The molecule has 1 aromatic heterocycles. The highest BCUT2D eigenvalue weighted by Gasteiger charge is 2.22. The second-order valence-electron chi connectivity index (χ2n) is 5.05. The summed E-state index contributed by atoms with van der Waals surface area (Å²) >= 11 is 1.65. The van der Waals surface area contributed by atoms with Crippen molar-refractivity contribution in [3.05, 3.63) is 52.0 Å². The van der Waals surface area contributed by atoms with E-state index in [1.54, 1.807) is 23.5 Å². The number of carbonyl (C=O) groups is 1. The highest BCUT2D eigenvalue weighted by atomic mass is 32.1. The van der Waals surface area contributed by atoms with Crippen molar-refractivity contribution in [2.75, 3.05) is 11.4 Å². The molecular weight excluding hydrogens is 273 g/mol. The van der Waals surface area contributed by atoms with Gasteiger partial charge in [-0.25, -0.2) is 4.39 Å². The number of anilines is 1. The molecule has 0 aliphatic carbocycles. The molecule has 4 heteroatoms. The van der Waals surface area contributed by atoms with Crippen molar-refractivity contribution in [2.45, 2.75) is 25.7 Å². The Hall–Kier alpha value is -1.68. The summed E-state index contributed by atoms with van der Waals surface area (Å²) in [5.74, 6) is -0.0971. The predicted molar refractivity (Wildman–Crippen MR) is 79.7 cm³/mol. The molecule has 3 rings (SSSR count). The zero-order chi connectivity index (χ0) is 13.9. The van der Waals surface area contributed by atoms with Gasteiger partial charge in [-0.05, 0) is 65.4 Å². The molecule has 0 bridgehead atoms. The zero-order valence-corrected chi connectivity index (χ0v) is 12.0. The Kier molecular flexibility index (Phi) is 3.83. The fourth-order valence-corrected chi connectivity index (χ4v) is 3.35. The maximum atomic E-state index is 13.3. The molecule has 0 N–H and O–H groups in total. The highest BCUT2D eigenvalue weighted by Crippen LogP contribution is 2.28. The van der Waals surface area contributed by atoms with Gasteiger partial charge in [-0.1, -0.05) is 0 Å². The first-order chi connectivity index (χ1) is 9.74. The van der Waals surface area contributed by atoms with Gasteiger partial charge in [0.05, 0.1) is 0 Å². The summed E-state index contributed by atoms with van der Waals surface area (Å²) < 4.78 is 13.3. The third kappa shape index (κ3) is 2.75. The van der Waals surface area contributed by atoms with E-state index < -0.39 is 0 Å². The van der Waals surface area contributed by atoms with Crippen LogP contribution < -0.4 is 4.90 Å².